The standard InChI is InChI=1S/C23H38N6O2/c1-4-23(2,3)27-22(31)26-19-8-13-29(14-9-19)21(30)18-6-11-28(12-7-18)16-17-5-10-25-20(24)15-17/h5,10,15,18-19H,4,6-9,11-14,16H2,1-3H3,(H2,24,25)(H2,26,27,31). The zero-order chi connectivity index (χ0) is 22.4. The van der Waals surface area contributed by atoms with E-state index >= 15 is 0 Å². The van der Waals surface area contributed by atoms with Gasteiger partial charge in [-0.05, 0) is 76.7 Å². The first-order chi connectivity index (χ1) is 14.8. The number of carbonyl (C=O) groups is 2. The minimum Gasteiger partial charge on any atom is -0.384 e. The summed E-state index contributed by atoms with van der Waals surface area (Å²) in [7, 11) is 0. The first-order valence-corrected chi connectivity index (χ1v) is 11.6. The molecular formula is C23H38N6O2. The quantitative estimate of drug-likeness (QED) is 0.643. The van der Waals surface area contributed by atoms with Crippen LogP contribution in [-0.2, 0) is 11.3 Å². The Balaban J connectivity index is 1.39. The van der Waals surface area contributed by atoms with Crippen molar-refractivity contribution >= 4 is 17.8 Å². The summed E-state index contributed by atoms with van der Waals surface area (Å²) >= 11 is 0. The van der Waals surface area contributed by atoms with E-state index < -0.39 is 0 Å². The summed E-state index contributed by atoms with van der Waals surface area (Å²) in [6.45, 7) is 10.2. The van der Waals surface area contributed by atoms with Gasteiger partial charge in [-0.2, -0.15) is 0 Å². The van der Waals surface area contributed by atoms with Crippen molar-refractivity contribution in [3.05, 3.63) is 23.9 Å². The second-order valence-electron chi connectivity index (χ2n) is 9.57. The third kappa shape index (κ3) is 6.82. The van der Waals surface area contributed by atoms with Crippen LogP contribution in [0.15, 0.2) is 18.3 Å². The number of piperidine rings is 2. The number of nitrogens with zero attached hydrogens (tertiary/aromatic N) is 3. The summed E-state index contributed by atoms with van der Waals surface area (Å²) in [5.41, 5.74) is 6.73. The van der Waals surface area contributed by atoms with E-state index in [1.807, 2.05) is 30.9 Å². The Morgan fingerprint density at radius 2 is 1.84 bits per heavy atom. The molecule has 31 heavy (non-hydrogen) atoms. The molecule has 3 rings (SSSR count). The third-order valence-corrected chi connectivity index (χ3v) is 6.67. The SMILES string of the molecule is CCC(C)(C)NC(=O)NC1CCN(C(=O)C2CCN(Cc3ccnc(N)c3)CC2)CC1. The van der Waals surface area contributed by atoms with Crippen molar-refractivity contribution in [2.45, 2.75) is 71.0 Å². The van der Waals surface area contributed by atoms with Crippen molar-refractivity contribution < 1.29 is 9.59 Å². The van der Waals surface area contributed by atoms with Crippen LogP contribution in [0.25, 0.3) is 0 Å². The molecule has 8 nitrogen and oxygen atoms in total. The summed E-state index contributed by atoms with van der Waals surface area (Å²) in [6.07, 6.45) is 6.04. The highest BCUT2D eigenvalue weighted by Gasteiger charge is 2.31. The van der Waals surface area contributed by atoms with Gasteiger partial charge in [-0.1, -0.05) is 6.92 Å². The molecular weight excluding hydrogens is 392 g/mol. The molecule has 0 radical (unpaired) electrons. The van der Waals surface area contributed by atoms with Gasteiger partial charge in [-0.25, -0.2) is 9.78 Å². The maximum absolute atomic E-state index is 13.0. The molecule has 0 atom stereocenters. The fraction of sp³-hybridized carbons (Fsp3) is 0.696. The molecule has 1 aromatic heterocycles. The van der Waals surface area contributed by atoms with E-state index in [1.54, 1.807) is 6.20 Å². The van der Waals surface area contributed by atoms with E-state index in [2.05, 4.69) is 27.4 Å². The molecule has 2 aliphatic heterocycles. The van der Waals surface area contributed by atoms with Gasteiger partial charge in [0.05, 0.1) is 0 Å². The molecule has 0 saturated carbocycles. The van der Waals surface area contributed by atoms with E-state index in [1.165, 1.54) is 5.56 Å². The summed E-state index contributed by atoms with van der Waals surface area (Å²) < 4.78 is 0. The second kappa shape index (κ2) is 10.3. The highest BCUT2D eigenvalue weighted by Crippen LogP contribution is 2.23. The predicted molar refractivity (Wildman–Crippen MR) is 122 cm³/mol. The molecule has 0 bridgehead atoms. The van der Waals surface area contributed by atoms with E-state index in [0.717, 1.165) is 64.8 Å². The van der Waals surface area contributed by atoms with Crippen LogP contribution in [0.5, 0.6) is 0 Å². The van der Waals surface area contributed by atoms with Gasteiger partial charge in [0.1, 0.15) is 5.82 Å². The Bertz CT molecular complexity index is 752. The molecule has 0 unspecified atom stereocenters. The van der Waals surface area contributed by atoms with Gasteiger partial charge in [0.15, 0.2) is 0 Å². The van der Waals surface area contributed by atoms with Crippen LogP contribution in [0, 0.1) is 5.92 Å². The highest BCUT2D eigenvalue weighted by atomic mass is 16.2. The van der Waals surface area contributed by atoms with Gasteiger partial charge in [-0.15, -0.1) is 0 Å². The molecule has 0 spiro atoms. The van der Waals surface area contributed by atoms with Crippen LogP contribution >= 0.6 is 0 Å². The Morgan fingerprint density at radius 1 is 1.16 bits per heavy atom. The molecule has 2 aliphatic rings. The van der Waals surface area contributed by atoms with Gasteiger partial charge < -0.3 is 21.3 Å². The summed E-state index contributed by atoms with van der Waals surface area (Å²) in [6, 6.07) is 3.93. The van der Waals surface area contributed by atoms with Crippen LogP contribution in [0.3, 0.4) is 0 Å². The van der Waals surface area contributed by atoms with Gasteiger partial charge >= 0.3 is 6.03 Å². The predicted octanol–water partition coefficient (Wildman–Crippen LogP) is 2.35. The van der Waals surface area contributed by atoms with E-state index in [0.29, 0.717) is 5.82 Å². The lowest BCUT2D eigenvalue weighted by molar-refractivity contribution is -0.138. The number of urea groups is 1. The van der Waals surface area contributed by atoms with Crippen molar-refractivity contribution in [2.24, 2.45) is 5.92 Å². The lowest BCUT2D eigenvalue weighted by Crippen LogP contribution is -2.54. The van der Waals surface area contributed by atoms with Gasteiger partial charge in [0.2, 0.25) is 5.91 Å². The summed E-state index contributed by atoms with van der Waals surface area (Å²) in [5, 5.41) is 6.09. The Hall–Kier alpha value is -2.35. The summed E-state index contributed by atoms with van der Waals surface area (Å²) in [5.74, 6) is 0.937. The van der Waals surface area contributed by atoms with Crippen LogP contribution in [-0.4, -0.2) is 64.5 Å². The molecule has 2 saturated heterocycles. The van der Waals surface area contributed by atoms with Crippen LogP contribution in [0.4, 0.5) is 10.6 Å². The number of amides is 3. The number of pyridine rings is 1. The second-order valence-corrected chi connectivity index (χ2v) is 9.57. The van der Waals surface area contributed by atoms with Crippen LogP contribution in [0.1, 0.15) is 58.4 Å². The van der Waals surface area contributed by atoms with Gasteiger partial charge in [-0.3, -0.25) is 9.69 Å². The topological polar surface area (TPSA) is 104 Å². The Morgan fingerprint density at radius 3 is 2.45 bits per heavy atom. The van der Waals surface area contributed by atoms with Gasteiger partial charge in [0, 0.05) is 43.3 Å². The largest absolute Gasteiger partial charge is 0.384 e. The number of nitrogens with one attached hydrogen (secondary N) is 2. The smallest absolute Gasteiger partial charge is 0.315 e. The van der Waals surface area contributed by atoms with Crippen LogP contribution < -0.4 is 16.4 Å². The number of hydrogen-bond donors (Lipinski definition) is 3. The number of anilines is 1. The van der Waals surface area contributed by atoms with Gasteiger partial charge in [0.25, 0.3) is 0 Å². The average molecular weight is 431 g/mol. The molecule has 0 aromatic carbocycles. The van der Waals surface area contributed by atoms with E-state index in [-0.39, 0.29) is 29.4 Å². The highest BCUT2D eigenvalue weighted by molar-refractivity contribution is 5.79. The Kier molecular flexibility index (Phi) is 7.75. The van der Waals surface area contributed by atoms with Crippen molar-refractivity contribution in [1.29, 1.82) is 0 Å². The molecule has 3 heterocycles. The fourth-order valence-electron chi connectivity index (χ4n) is 4.31. The molecule has 8 heteroatoms. The number of rotatable bonds is 6. The van der Waals surface area contributed by atoms with Crippen molar-refractivity contribution in [2.75, 3.05) is 31.9 Å². The first-order valence-electron chi connectivity index (χ1n) is 11.6. The molecule has 3 amide bonds. The Labute approximate surface area is 185 Å². The summed E-state index contributed by atoms with van der Waals surface area (Å²) in [4.78, 5) is 33.6. The minimum absolute atomic E-state index is 0.108. The zero-order valence-electron chi connectivity index (χ0n) is 19.2. The number of hydrogen-bond acceptors (Lipinski definition) is 5. The lowest BCUT2D eigenvalue weighted by atomic mass is 9.93. The van der Waals surface area contributed by atoms with Crippen molar-refractivity contribution in [3.63, 3.8) is 0 Å². The van der Waals surface area contributed by atoms with Crippen LogP contribution in [0.2, 0.25) is 0 Å². The van der Waals surface area contributed by atoms with E-state index in [9.17, 15) is 9.59 Å². The number of likely N-dealkylation sites (tertiary alicyclic amines) is 2. The van der Waals surface area contributed by atoms with Crippen molar-refractivity contribution in [3.8, 4) is 0 Å². The molecule has 1 aromatic rings. The number of carbonyl (C=O) groups excluding carboxylic acids is 2. The number of nitrogen functional groups attached to an aromatic ring is 1. The minimum atomic E-state index is -0.209. The third-order valence-electron chi connectivity index (χ3n) is 6.67. The maximum atomic E-state index is 13.0. The fourth-order valence-corrected chi connectivity index (χ4v) is 4.31. The molecule has 0 aliphatic carbocycles. The molecule has 4 N–H and O–H groups in total. The molecule has 2 fully saturated rings. The normalized spacial score (nSPS) is 19.3. The molecule has 172 valence electrons. The zero-order valence-corrected chi connectivity index (χ0v) is 19.2. The average Bonchev–Trinajstić information content (AvgIpc) is 2.74. The lowest BCUT2D eigenvalue weighted by Gasteiger charge is -2.37. The van der Waals surface area contributed by atoms with Crippen molar-refractivity contribution in [1.82, 2.24) is 25.4 Å². The monoisotopic (exact) mass is 430 g/mol. The number of nitrogens with two attached hydrogens (primary N) is 1. The maximum Gasteiger partial charge on any atom is 0.315 e. The van der Waals surface area contributed by atoms with E-state index in [4.69, 9.17) is 5.73 Å². The first kappa shape index (κ1) is 23.3. The number of aromatic nitrogens is 1.